The largest absolute Gasteiger partial charge is 0.241 e. The molecule has 6 heteroatoms. The van der Waals surface area contributed by atoms with Gasteiger partial charge < -0.3 is 0 Å². The van der Waals surface area contributed by atoms with Gasteiger partial charge in [-0.25, -0.2) is 17.5 Å². The molecule has 2 aromatic carbocycles. The smallest absolute Gasteiger partial charge is 0.207 e. The van der Waals surface area contributed by atoms with Gasteiger partial charge in [0.05, 0.1) is 4.90 Å². The van der Waals surface area contributed by atoms with Crippen LogP contribution in [0.3, 0.4) is 0 Å². The Morgan fingerprint density at radius 2 is 1.67 bits per heavy atom. The molecule has 0 aliphatic heterocycles. The van der Waals surface area contributed by atoms with E-state index in [4.69, 9.17) is 0 Å². The molecule has 0 radical (unpaired) electrons. The van der Waals surface area contributed by atoms with Crippen molar-refractivity contribution in [2.75, 3.05) is 0 Å². The molecule has 0 saturated heterocycles. The maximum Gasteiger partial charge on any atom is 0.241 e. The van der Waals surface area contributed by atoms with Crippen LogP contribution in [0.5, 0.6) is 0 Å². The van der Waals surface area contributed by atoms with E-state index in [0.29, 0.717) is 10.9 Å². The molecule has 112 valence electrons. The summed E-state index contributed by atoms with van der Waals surface area (Å²) in [7, 11) is -3.60. The van der Waals surface area contributed by atoms with Crippen molar-refractivity contribution in [3.05, 3.63) is 65.5 Å². The molecule has 0 spiro atoms. The summed E-state index contributed by atoms with van der Waals surface area (Å²) in [5.74, 6) is -0.348. The molecule has 0 fully saturated rings. The van der Waals surface area contributed by atoms with Gasteiger partial charge in [-0.05, 0) is 42.3 Å². The van der Waals surface area contributed by atoms with Crippen LogP contribution in [-0.2, 0) is 15.4 Å². The second kappa shape index (κ2) is 6.68. The van der Waals surface area contributed by atoms with E-state index >= 15 is 0 Å². The number of rotatable bonds is 5. The Morgan fingerprint density at radius 1 is 1.10 bits per heavy atom. The van der Waals surface area contributed by atoms with Crippen LogP contribution in [0.4, 0.5) is 4.39 Å². The van der Waals surface area contributed by atoms with Crippen molar-refractivity contribution in [1.29, 1.82) is 0 Å². The van der Waals surface area contributed by atoms with Gasteiger partial charge in [-0.1, -0.05) is 40.2 Å². The molecule has 0 unspecified atom stereocenters. The quantitative estimate of drug-likeness (QED) is 0.813. The Morgan fingerprint density at radius 3 is 2.19 bits per heavy atom. The van der Waals surface area contributed by atoms with Gasteiger partial charge in [-0.15, -0.1) is 0 Å². The van der Waals surface area contributed by atoms with Crippen molar-refractivity contribution >= 4 is 26.0 Å². The zero-order chi connectivity index (χ0) is 15.5. The van der Waals surface area contributed by atoms with E-state index in [1.54, 1.807) is 43.3 Å². The number of benzene rings is 2. The molecule has 0 amide bonds. The molecular formula is C15H15BrFNO2S. The predicted octanol–water partition coefficient (Wildman–Crippen LogP) is 3.76. The standard InChI is InChI=1S/C15H15BrFNO2S/c1-11(13-4-6-14(17)7-5-13)18-21(19,20)15-8-2-12(10-16)3-9-15/h2-9,11,18H,10H2,1H3/t11-/m0/s1. The van der Waals surface area contributed by atoms with Crippen molar-refractivity contribution < 1.29 is 12.8 Å². The van der Waals surface area contributed by atoms with Crippen LogP contribution in [0.15, 0.2) is 53.4 Å². The minimum atomic E-state index is -3.60. The molecule has 0 aliphatic rings. The number of hydrogen-bond acceptors (Lipinski definition) is 2. The monoisotopic (exact) mass is 371 g/mol. The van der Waals surface area contributed by atoms with Crippen molar-refractivity contribution in [1.82, 2.24) is 4.72 Å². The molecule has 3 nitrogen and oxygen atoms in total. The van der Waals surface area contributed by atoms with Crippen LogP contribution in [0.1, 0.15) is 24.1 Å². The van der Waals surface area contributed by atoms with Crippen LogP contribution in [-0.4, -0.2) is 8.42 Å². The molecule has 0 bridgehead atoms. The lowest BCUT2D eigenvalue weighted by atomic mass is 10.1. The van der Waals surface area contributed by atoms with Gasteiger partial charge in [0.25, 0.3) is 0 Å². The Labute approximate surface area is 132 Å². The molecule has 0 saturated carbocycles. The summed E-state index contributed by atoms with van der Waals surface area (Å²) in [4.78, 5) is 0.209. The van der Waals surface area contributed by atoms with E-state index in [2.05, 4.69) is 20.7 Å². The minimum absolute atomic E-state index is 0.209. The molecule has 0 heterocycles. The van der Waals surface area contributed by atoms with E-state index in [1.807, 2.05) is 0 Å². The first-order chi connectivity index (χ1) is 9.92. The van der Waals surface area contributed by atoms with Crippen LogP contribution < -0.4 is 4.72 Å². The number of nitrogens with one attached hydrogen (secondary N) is 1. The van der Waals surface area contributed by atoms with Gasteiger partial charge in [-0.2, -0.15) is 0 Å². The molecular weight excluding hydrogens is 357 g/mol. The van der Waals surface area contributed by atoms with Crippen molar-refractivity contribution in [3.63, 3.8) is 0 Å². The maximum absolute atomic E-state index is 12.9. The molecule has 0 aromatic heterocycles. The summed E-state index contributed by atoms with van der Waals surface area (Å²) >= 11 is 3.31. The summed E-state index contributed by atoms with van der Waals surface area (Å²) in [5.41, 5.74) is 1.71. The Hall–Kier alpha value is -1.24. The number of alkyl halides is 1. The fourth-order valence-electron chi connectivity index (χ4n) is 1.88. The van der Waals surface area contributed by atoms with Crippen LogP contribution >= 0.6 is 15.9 Å². The first kappa shape index (κ1) is 16.1. The highest BCUT2D eigenvalue weighted by atomic mass is 79.9. The van der Waals surface area contributed by atoms with Gasteiger partial charge in [0.15, 0.2) is 0 Å². The predicted molar refractivity (Wildman–Crippen MR) is 84.2 cm³/mol. The van der Waals surface area contributed by atoms with Crippen molar-refractivity contribution in [2.24, 2.45) is 0 Å². The topological polar surface area (TPSA) is 46.2 Å². The summed E-state index contributed by atoms with van der Waals surface area (Å²) < 4.78 is 40.0. The fourth-order valence-corrected chi connectivity index (χ4v) is 3.48. The third-order valence-electron chi connectivity index (χ3n) is 3.09. The van der Waals surface area contributed by atoms with E-state index in [1.165, 1.54) is 12.1 Å². The molecule has 21 heavy (non-hydrogen) atoms. The molecule has 2 aromatic rings. The lowest BCUT2D eigenvalue weighted by Crippen LogP contribution is -2.26. The maximum atomic E-state index is 12.9. The zero-order valence-electron chi connectivity index (χ0n) is 11.4. The van der Waals surface area contributed by atoms with E-state index < -0.39 is 16.1 Å². The highest BCUT2D eigenvalue weighted by Crippen LogP contribution is 2.18. The van der Waals surface area contributed by atoms with Crippen LogP contribution in [0.25, 0.3) is 0 Å². The van der Waals surface area contributed by atoms with Gasteiger partial charge in [0.2, 0.25) is 10.0 Å². The summed E-state index contributed by atoms with van der Waals surface area (Å²) in [5, 5.41) is 0.673. The highest BCUT2D eigenvalue weighted by molar-refractivity contribution is 9.08. The molecule has 0 aliphatic carbocycles. The van der Waals surface area contributed by atoms with Gasteiger partial charge >= 0.3 is 0 Å². The van der Waals surface area contributed by atoms with Crippen molar-refractivity contribution in [3.8, 4) is 0 Å². The average molecular weight is 372 g/mol. The normalized spacial score (nSPS) is 13.1. The zero-order valence-corrected chi connectivity index (χ0v) is 13.8. The van der Waals surface area contributed by atoms with Crippen LogP contribution in [0.2, 0.25) is 0 Å². The minimum Gasteiger partial charge on any atom is -0.207 e. The second-order valence-electron chi connectivity index (χ2n) is 4.67. The van der Waals surface area contributed by atoms with Crippen molar-refractivity contribution in [2.45, 2.75) is 23.2 Å². The SMILES string of the molecule is C[C@H](NS(=O)(=O)c1ccc(CBr)cc1)c1ccc(F)cc1. The lowest BCUT2D eigenvalue weighted by Gasteiger charge is -2.15. The Balaban J connectivity index is 2.17. The van der Waals surface area contributed by atoms with Gasteiger partial charge in [-0.3, -0.25) is 0 Å². The lowest BCUT2D eigenvalue weighted by molar-refractivity contribution is 0.566. The number of hydrogen-bond donors (Lipinski definition) is 1. The van der Waals surface area contributed by atoms with Gasteiger partial charge in [0, 0.05) is 11.4 Å². The summed E-state index contributed by atoms with van der Waals surface area (Å²) in [6.07, 6.45) is 0. The van der Waals surface area contributed by atoms with E-state index in [-0.39, 0.29) is 10.7 Å². The molecule has 2 rings (SSSR count). The highest BCUT2D eigenvalue weighted by Gasteiger charge is 2.18. The van der Waals surface area contributed by atoms with E-state index in [9.17, 15) is 12.8 Å². The molecule has 1 atom stereocenters. The van der Waals surface area contributed by atoms with Crippen LogP contribution in [0, 0.1) is 5.82 Å². The fraction of sp³-hybridized carbons (Fsp3) is 0.200. The Kier molecular flexibility index (Phi) is 5.13. The molecule has 1 N–H and O–H groups in total. The average Bonchev–Trinajstić information content (AvgIpc) is 2.47. The number of halogens is 2. The third-order valence-corrected chi connectivity index (χ3v) is 5.29. The first-order valence-corrected chi connectivity index (χ1v) is 8.95. The number of sulfonamides is 1. The first-order valence-electron chi connectivity index (χ1n) is 6.35. The summed E-state index contributed by atoms with van der Waals surface area (Å²) in [6.45, 7) is 1.72. The third kappa shape index (κ3) is 4.12. The van der Waals surface area contributed by atoms with Gasteiger partial charge in [0.1, 0.15) is 5.82 Å². The van der Waals surface area contributed by atoms with E-state index in [0.717, 1.165) is 5.56 Å². The Bertz CT molecular complexity index is 699. The summed E-state index contributed by atoms with van der Waals surface area (Å²) in [6, 6.07) is 12.0. The second-order valence-corrected chi connectivity index (χ2v) is 6.95.